The molecule has 2 rings (SSSR count). The first-order chi connectivity index (χ1) is 8.04. The lowest BCUT2D eigenvalue weighted by Crippen LogP contribution is -2.20. The molecule has 1 aliphatic rings. The molecule has 1 aromatic rings. The van der Waals surface area contributed by atoms with Crippen LogP contribution < -0.4 is 10.5 Å². The maximum absolute atomic E-state index is 6.41. The molecular formula is C14H20ClNO. The van der Waals surface area contributed by atoms with E-state index in [0.29, 0.717) is 12.5 Å². The van der Waals surface area contributed by atoms with Crippen molar-refractivity contribution in [2.24, 2.45) is 5.73 Å². The molecule has 0 amide bonds. The highest BCUT2D eigenvalue weighted by Gasteiger charge is 2.45. The lowest BCUT2D eigenvalue weighted by molar-refractivity contribution is 0.413. The molecule has 94 valence electrons. The van der Waals surface area contributed by atoms with Gasteiger partial charge in [0.15, 0.2) is 0 Å². The van der Waals surface area contributed by atoms with E-state index in [1.807, 2.05) is 6.07 Å². The highest BCUT2D eigenvalue weighted by Crippen LogP contribution is 2.52. The normalized spacial score (nSPS) is 17.3. The van der Waals surface area contributed by atoms with Crippen molar-refractivity contribution < 1.29 is 4.74 Å². The fourth-order valence-corrected chi connectivity index (χ4v) is 2.61. The van der Waals surface area contributed by atoms with E-state index in [1.165, 1.54) is 11.1 Å². The number of halogens is 1. The van der Waals surface area contributed by atoms with Gasteiger partial charge in [0.1, 0.15) is 5.75 Å². The van der Waals surface area contributed by atoms with Crippen molar-refractivity contribution >= 4 is 11.6 Å². The largest absolute Gasteiger partial charge is 0.495 e. The summed E-state index contributed by atoms with van der Waals surface area (Å²) in [6.45, 7) is 5.01. The Balaban J connectivity index is 2.53. The Morgan fingerprint density at radius 3 is 2.47 bits per heavy atom. The van der Waals surface area contributed by atoms with Crippen molar-refractivity contribution in [2.75, 3.05) is 13.7 Å². The number of hydrogen-bond donors (Lipinski definition) is 1. The fraction of sp³-hybridized carbons (Fsp3) is 0.571. The molecule has 17 heavy (non-hydrogen) atoms. The lowest BCUT2D eigenvalue weighted by atomic mass is 9.91. The number of benzene rings is 1. The molecule has 1 aromatic carbocycles. The maximum Gasteiger partial charge on any atom is 0.138 e. The molecule has 0 unspecified atom stereocenters. The summed E-state index contributed by atoms with van der Waals surface area (Å²) in [5, 5.41) is 0.736. The Hall–Kier alpha value is -0.730. The zero-order chi connectivity index (χ0) is 12.6. The van der Waals surface area contributed by atoms with Gasteiger partial charge in [-0.05, 0) is 36.0 Å². The van der Waals surface area contributed by atoms with Crippen molar-refractivity contribution in [3.63, 3.8) is 0 Å². The third kappa shape index (κ3) is 2.16. The topological polar surface area (TPSA) is 35.2 Å². The van der Waals surface area contributed by atoms with Crippen LogP contribution in [0.3, 0.4) is 0 Å². The average Bonchev–Trinajstić information content (AvgIpc) is 3.10. The van der Waals surface area contributed by atoms with E-state index in [-0.39, 0.29) is 5.41 Å². The first-order valence-corrected chi connectivity index (χ1v) is 6.50. The molecule has 0 bridgehead atoms. The standard InChI is InChI=1S/C14H20ClNO/c1-9(2)10-6-11(14(8-16)4-5-14)13(15)12(7-10)17-3/h6-7,9H,4-5,8,16H2,1-3H3. The number of nitrogens with two attached hydrogens (primary N) is 1. The van der Waals surface area contributed by atoms with Gasteiger partial charge in [0.2, 0.25) is 0 Å². The smallest absolute Gasteiger partial charge is 0.138 e. The van der Waals surface area contributed by atoms with E-state index in [4.69, 9.17) is 22.1 Å². The summed E-state index contributed by atoms with van der Waals surface area (Å²) < 4.78 is 5.37. The van der Waals surface area contributed by atoms with Gasteiger partial charge >= 0.3 is 0 Å². The second-order valence-corrected chi connectivity index (χ2v) is 5.60. The Labute approximate surface area is 108 Å². The van der Waals surface area contributed by atoms with Gasteiger partial charge in [-0.3, -0.25) is 0 Å². The van der Waals surface area contributed by atoms with Gasteiger partial charge in [0.25, 0.3) is 0 Å². The zero-order valence-electron chi connectivity index (χ0n) is 10.7. The Morgan fingerprint density at radius 2 is 2.06 bits per heavy atom. The van der Waals surface area contributed by atoms with Crippen molar-refractivity contribution in [3.05, 3.63) is 28.3 Å². The van der Waals surface area contributed by atoms with E-state index < -0.39 is 0 Å². The maximum atomic E-state index is 6.41. The minimum atomic E-state index is 0.106. The fourth-order valence-electron chi connectivity index (χ4n) is 2.22. The van der Waals surface area contributed by atoms with Crippen LogP contribution in [-0.2, 0) is 5.41 Å². The molecule has 2 N–H and O–H groups in total. The first kappa shape index (κ1) is 12.7. The predicted molar refractivity (Wildman–Crippen MR) is 72.1 cm³/mol. The van der Waals surface area contributed by atoms with Gasteiger partial charge in [-0.1, -0.05) is 31.5 Å². The number of rotatable bonds is 4. The second-order valence-electron chi connectivity index (χ2n) is 5.22. The van der Waals surface area contributed by atoms with Crippen LogP contribution in [0.15, 0.2) is 12.1 Å². The van der Waals surface area contributed by atoms with Crippen LogP contribution in [0.4, 0.5) is 0 Å². The van der Waals surface area contributed by atoms with E-state index in [2.05, 4.69) is 19.9 Å². The molecular weight excluding hydrogens is 234 g/mol. The minimum Gasteiger partial charge on any atom is -0.495 e. The zero-order valence-corrected chi connectivity index (χ0v) is 11.5. The molecule has 0 radical (unpaired) electrons. The average molecular weight is 254 g/mol. The molecule has 0 atom stereocenters. The van der Waals surface area contributed by atoms with Gasteiger partial charge in [-0.2, -0.15) is 0 Å². The predicted octanol–water partition coefficient (Wildman–Crippen LogP) is 3.46. The minimum absolute atomic E-state index is 0.106. The van der Waals surface area contributed by atoms with E-state index in [1.54, 1.807) is 7.11 Å². The van der Waals surface area contributed by atoms with Gasteiger partial charge in [0, 0.05) is 12.0 Å². The molecule has 3 heteroatoms. The van der Waals surface area contributed by atoms with E-state index in [0.717, 1.165) is 23.6 Å². The van der Waals surface area contributed by atoms with Gasteiger partial charge in [-0.25, -0.2) is 0 Å². The van der Waals surface area contributed by atoms with Gasteiger partial charge in [0.05, 0.1) is 12.1 Å². The van der Waals surface area contributed by atoms with Crippen LogP contribution >= 0.6 is 11.6 Å². The van der Waals surface area contributed by atoms with Crippen molar-refractivity contribution in [3.8, 4) is 5.75 Å². The van der Waals surface area contributed by atoms with E-state index in [9.17, 15) is 0 Å². The van der Waals surface area contributed by atoms with Crippen LogP contribution in [0, 0.1) is 0 Å². The van der Waals surface area contributed by atoms with Crippen molar-refractivity contribution in [1.82, 2.24) is 0 Å². The van der Waals surface area contributed by atoms with Gasteiger partial charge in [-0.15, -0.1) is 0 Å². The van der Waals surface area contributed by atoms with E-state index >= 15 is 0 Å². The molecule has 1 fully saturated rings. The van der Waals surface area contributed by atoms with Crippen LogP contribution in [-0.4, -0.2) is 13.7 Å². The molecule has 0 aromatic heterocycles. The lowest BCUT2D eigenvalue weighted by Gasteiger charge is -2.19. The summed E-state index contributed by atoms with van der Waals surface area (Å²) in [4.78, 5) is 0. The van der Waals surface area contributed by atoms with Crippen LogP contribution in [0.1, 0.15) is 43.7 Å². The molecule has 0 heterocycles. The quantitative estimate of drug-likeness (QED) is 0.892. The SMILES string of the molecule is COc1cc(C(C)C)cc(C2(CN)CC2)c1Cl. The Bertz CT molecular complexity index is 424. The summed E-state index contributed by atoms with van der Waals surface area (Å²) >= 11 is 6.41. The van der Waals surface area contributed by atoms with Gasteiger partial charge < -0.3 is 10.5 Å². The molecule has 0 aliphatic heterocycles. The summed E-state index contributed by atoms with van der Waals surface area (Å²) in [6, 6.07) is 4.23. The van der Waals surface area contributed by atoms with Crippen LogP contribution in [0.2, 0.25) is 5.02 Å². The molecule has 1 saturated carbocycles. The highest BCUT2D eigenvalue weighted by molar-refractivity contribution is 6.33. The Kier molecular flexibility index (Phi) is 3.37. The third-order valence-corrected chi connectivity index (χ3v) is 4.15. The number of hydrogen-bond acceptors (Lipinski definition) is 2. The molecule has 2 nitrogen and oxygen atoms in total. The van der Waals surface area contributed by atoms with Crippen molar-refractivity contribution in [2.45, 2.75) is 38.0 Å². The van der Waals surface area contributed by atoms with Crippen LogP contribution in [0.5, 0.6) is 5.75 Å². The summed E-state index contributed by atoms with van der Waals surface area (Å²) in [5.41, 5.74) is 8.43. The molecule has 1 aliphatic carbocycles. The summed E-state index contributed by atoms with van der Waals surface area (Å²) in [7, 11) is 1.66. The third-order valence-electron chi connectivity index (χ3n) is 3.76. The molecule has 0 saturated heterocycles. The second kappa shape index (κ2) is 4.51. The molecule has 0 spiro atoms. The monoisotopic (exact) mass is 253 g/mol. The van der Waals surface area contributed by atoms with Crippen molar-refractivity contribution in [1.29, 1.82) is 0 Å². The summed E-state index contributed by atoms with van der Waals surface area (Å²) in [6.07, 6.45) is 2.27. The number of ether oxygens (including phenoxy) is 1. The Morgan fingerprint density at radius 1 is 1.41 bits per heavy atom. The first-order valence-electron chi connectivity index (χ1n) is 6.12. The highest BCUT2D eigenvalue weighted by atomic mass is 35.5. The van der Waals surface area contributed by atoms with Crippen LogP contribution in [0.25, 0.3) is 0 Å². The number of methoxy groups -OCH3 is 1. The summed E-state index contributed by atoms with van der Waals surface area (Å²) in [5.74, 6) is 1.24.